The van der Waals surface area contributed by atoms with Crippen molar-refractivity contribution in [1.29, 1.82) is 0 Å². The molecule has 1 aliphatic rings. The van der Waals surface area contributed by atoms with E-state index in [1.54, 1.807) is 49.4 Å². The van der Waals surface area contributed by atoms with Crippen molar-refractivity contribution >= 4 is 11.9 Å². The molecule has 124 valence electrons. The van der Waals surface area contributed by atoms with Gasteiger partial charge in [-0.2, -0.15) is 0 Å². The number of urea groups is 1. The van der Waals surface area contributed by atoms with Gasteiger partial charge in [-0.1, -0.05) is 30.3 Å². The topological polar surface area (TPSA) is 58.6 Å². The largest absolute Gasteiger partial charge is 0.497 e. The first-order valence-electron chi connectivity index (χ1n) is 7.48. The number of hydrogen-bond acceptors (Lipinski definition) is 3. The van der Waals surface area contributed by atoms with E-state index in [2.05, 4.69) is 5.32 Å². The summed E-state index contributed by atoms with van der Waals surface area (Å²) in [5.74, 6) is -0.291. The first kappa shape index (κ1) is 16.0. The number of hydrogen-bond donors (Lipinski definition) is 1. The molecule has 3 amide bonds. The lowest BCUT2D eigenvalue weighted by molar-refractivity contribution is -0.131. The summed E-state index contributed by atoms with van der Waals surface area (Å²) < 4.78 is 19.0. The Kier molecular flexibility index (Phi) is 3.97. The molecule has 1 saturated heterocycles. The van der Waals surface area contributed by atoms with Gasteiger partial charge in [-0.05, 0) is 30.7 Å². The Morgan fingerprint density at radius 3 is 2.62 bits per heavy atom. The van der Waals surface area contributed by atoms with Crippen molar-refractivity contribution in [3.05, 3.63) is 65.5 Å². The Labute approximate surface area is 139 Å². The highest BCUT2D eigenvalue weighted by atomic mass is 19.1. The molecule has 3 rings (SSSR count). The van der Waals surface area contributed by atoms with Gasteiger partial charge in [0.1, 0.15) is 17.1 Å². The zero-order valence-electron chi connectivity index (χ0n) is 13.4. The molecule has 1 aliphatic heterocycles. The van der Waals surface area contributed by atoms with Crippen LogP contribution in [0.5, 0.6) is 5.75 Å². The quantitative estimate of drug-likeness (QED) is 0.878. The van der Waals surface area contributed by atoms with Crippen LogP contribution in [0.3, 0.4) is 0 Å². The fraction of sp³-hybridized carbons (Fsp3) is 0.222. The Morgan fingerprint density at radius 2 is 1.92 bits per heavy atom. The Bertz CT molecular complexity index is 808. The number of rotatable bonds is 4. The van der Waals surface area contributed by atoms with E-state index in [0.717, 1.165) is 4.90 Å². The van der Waals surface area contributed by atoms with Crippen molar-refractivity contribution in [2.24, 2.45) is 0 Å². The van der Waals surface area contributed by atoms with Crippen LogP contribution in [0.4, 0.5) is 9.18 Å². The Morgan fingerprint density at radius 1 is 1.17 bits per heavy atom. The number of nitrogens with one attached hydrogen (secondary N) is 1. The standard InChI is InChI=1S/C18H17FN2O3/c1-18(13-7-5-8-14(10-13)24-2)16(22)21(17(23)20-18)11-12-6-3-4-9-15(12)19/h3-10H,11H2,1-2H3,(H,20,23). The number of amides is 3. The Hall–Kier alpha value is -2.89. The third-order valence-corrected chi connectivity index (χ3v) is 4.21. The molecule has 2 aromatic rings. The van der Waals surface area contributed by atoms with Crippen LogP contribution in [0.2, 0.25) is 0 Å². The van der Waals surface area contributed by atoms with Crippen molar-refractivity contribution in [3.8, 4) is 5.75 Å². The summed E-state index contributed by atoms with van der Waals surface area (Å²) in [7, 11) is 1.53. The van der Waals surface area contributed by atoms with Crippen molar-refractivity contribution in [2.45, 2.75) is 19.0 Å². The molecule has 0 aromatic heterocycles. The summed E-state index contributed by atoms with van der Waals surface area (Å²) in [5, 5.41) is 2.70. The van der Waals surface area contributed by atoms with Crippen LogP contribution in [0, 0.1) is 5.82 Å². The summed E-state index contributed by atoms with van der Waals surface area (Å²) in [6.45, 7) is 1.51. The van der Waals surface area contributed by atoms with E-state index in [0.29, 0.717) is 11.3 Å². The van der Waals surface area contributed by atoms with E-state index in [9.17, 15) is 14.0 Å². The SMILES string of the molecule is COc1cccc(C2(C)NC(=O)N(Cc3ccccc3F)C2=O)c1. The van der Waals surface area contributed by atoms with Crippen LogP contribution in [-0.4, -0.2) is 23.9 Å². The molecule has 0 spiro atoms. The summed E-state index contributed by atoms with van der Waals surface area (Å²) in [4.78, 5) is 26.1. The van der Waals surface area contributed by atoms with Gasteiger partial charge in [-0.25, -0.2) is 9.18 Å². The average molecular weight is 328 g/mol. The first-order chi connectivity index (χ1) is 11.5. The average Bonchev–Trinajstić information content (AvgIpc) is 2.81. The van der Waals surface area contributed by atoms with Gasteiger partial charge < -0.3 is 10.1 Å². The van der Waals surface area contributed by atoms with Gasteiger partial charge in [0.25, 0.3) is 5.91 Å². The minimum Gasteiger partial charge on any atom is -0.497 e. The molecule has 2 aromatic carbocycles. The van der Waals surface area contributed by atoms with E-state index in [1.807, 2.05) is 0 Å². The van der Waals surface area contributed by atoms with Crippen LogP contribution >= 0.6 is 0 Å². The third-order valence-electron chi connectivity index (χ3n) is 4.21. The van der Waals surface area contributed by atoms with Gasteiger partial charge in [-0.15, -0.1) is 0 Å². The zero-order valence-corrected chi connectivity index (χ0v) is 13.4. The highest BCUT2D eigenvalue weighted by Crippen LogP contribution is 2.31. The number of methoxy groups -OCH3 is 1. The van der Waals surface area contributed by atoms with Crippen molar-refractivity contribution in [2.75, 3.05) is 7.11 Å². The maximum Gasteiger partial charge on any atom is 0.325 e. The van der Waals surface area contributed by atoms with Crippen LogP contribution < -0.4 is 10.1 Å². The number of imide groups is 1. The molecule has 1 N–H and O–H groups in total. The van der Waals surface area contributed by atoms with Gasteiger partial charge in [0.05, 0.1) is 13.7 Å². The molecular formula is C18H17FN2O3. The lowest BCUT2D eigenvalue weighted by Gasteiger charge is -2.22. The fourth-order valence-electron chi connectivity index (χ4n) is 2.77. The molecule has 1 fully saturated rings. The predicted molar refractivity (Wildman–Crippen MR) is 85.8 cm³/mol. The Balaban J connectivity index is 1.92. The van der Waals surface area contributed by atoms with Crippen LogP contribution in [-0.2, 0) is 16.9 Å². The van der Waals surface area contributed by atoms with Crippen LogP contribution in [0.15, 0.2) is 48.5 Å². The number of halogens is 1. The lowest BCUT2D eigenvalue weighted by Crippen LogP contribution is -2.40. The second kappa shape index (κ2) is 5.96. The third kappa shape index (κ3) is 2.60. The number of carbonyl (C=O) groups is 2. The molecule has 6 heteroatoms. The van der Waals surface area contributed by atoms with E-state index >= 15 is 0 Å². The number of nitrogens with zero attached hydrogens (tertiary/aromatic N) is 1. The first-order valence-corrected chi connectivity index (χ1v) is 7.48. The zero-order chi connectivity index (χ0) is 17.3. The van der Waals surface area contributed by atoms with E-state index in [4.69, 9.17) is 4.74 Å². The fourth-order valence-corrected chi connectivity index (χ4v) is 2.77. The highest BCUT2D eigenvalue weighted by Gasteiger charge is 2.49. The van der Waals surface area contributed by atoms with Crippen molar-refractivity contribution in [1.82, 2.24) is 10.2 Å². The predicted octanol–water partition coefficient (Wildman–Crippen LogP) is 2.80. The summed E-state index contributed by atoms with van der Waals surface area (Å²) >= 11 is 0. The maximum atomic E-state index is 13.8. The van der Waals surface area contributed by atoms with Gasteiger partial charge in [-0.3, -0.25) is 9.69 Å². The molecule has 0 bridgehead atoms. The summed E-state index contributed by atoms with van der Waals surface area (Å²) in [6.07, 6.45) is 0. The molecule has 0 radical (unpaired) electrons. The van der Waals surface area contributed by atoms with E-state index < -0.39 is 23.3 Å². The lowest BCUT2D eigenvalue weighted by atomic mass is 9.92. The van der Waals surface area contributed by atoms with Crippen molar-refractivity contribution in [3.63, 3.8) is 0 Å². The second-order valence-corrected chi connectivity index (χ2v) is 5.77. The molecular weight excluding hydrogens is 311 g/mol. The smallest absolute Gasteiger partial charge is 0.325 e. The molecule has 0 aliphatic carbocycles. The van der Waals surface area contributed by atoms with Crippen LogP contribution in [0.1, 0.15) is 18.1 Å². The highest BCUT2D eigenvalue weighted by molar-refractivity contribution is 6.07. The molecule has 5 nitrogen and oxygen atoms in total. The molecule has 24 heavy (non-hydrogen) atoms. The van der Waals surface area contributed by atoms with E-state index in [-0.39, 0.29) is 12.1 Å². The van der Waals surface area contributed by atoms with Gasteiger partial charge >= 0.3 is 6.03 Å². The minimum atomic E-state index is -1.21. The van der Waals surface area contributed by atoms with E-state index in [1.165, 1.54) is 13.2 Å². The maximum absolute atomic E-state index is 13.8. The summed E-state index contributed by atoms with van der Waals surface area (Å²) in [6, 6.07) is 12.5. The van der Waals surface area contributed by atoms with Gasteiger partial charge in [0.15, 0.2) is 0 Å². The summed E-state index contributed by atoms with van der Waals surface area (Å²) in [5.41, 5.74) is -0.316. The number of carbonyl (C=O) groups excluding carboxylic acids is 2. The van der Waals surface area contributed by atoms with Gasteiger partial charge in [0.2, 0.25) is 0 Å². The minimum absolute atomic E-state index is 0.114. The number of benzene rings is 2. The monoisotopic (exact) mass is 328 g/mol. The molecule has 1 unspecified atom stereocenters. The number of ether oxygens (including phenoxy) is 1. The van der Waals surface area contributed by atoms with Crippen molar-refractivity contribution < 1.29 is 18.7 Å². The molecule has 1 atom stereocenters. The molecule has 1 heterocycles. The van der Waals surface area contributed by atoms with Gasteiger partial charge in [0, 0.05) is 5.56 Å². The normalized spacial score (nSPS) is 20.2. The molecule has 0 saturated carbocycles. The second-order valence-electron chi connectivity index (χ2n) is 5.77. The van der Waals surface area contributed by atoms with Crippen LogP contribution in [0.25, 0.3) is 0 Å².